The summed E-state index contributed by atoms with van der Waals surface area (Å²) in [5.74, 6) is -1.11. The average Bonchev–Trinajstić information content (AvgIpc) is 3.85. The van der Waals surface area contributed by atoms with Crippen molar-refractivity contribution in [2.75, 3.05) is 20.3 Å². The van der Waals surface area contributed by atoms with Gasteiger partial charge in [0.05, 0.1) is 54.1 Å². The summed E-state index contributed by atoms with van der Waals surface area (Å²) < 4.78 is 57.5. The highest BCUT2D eigenvalue weighted by molar-refractivity contribution is 5.70. The molecule has 11 atom stereocenters. The molecule has 0 bridgehead atoms. The summed E-state index contributed by atoms with van der Waals surface area (Å²) >= 11 is 0. The summed E-state index contributed by atoms with van der Waals surface area (Å²) in [7, 11) is 1.62. The molecule has 294 valence electrons. The monoisotopic (exact) mass is 741 g/mol. The van der Waals surface area contributed by atoms with Crippen molar-refractivity contribution in [3.05, 3.63) is 71.3 Å². The van der Waals surface area contributed by atoms with Crippen LogP contribution >= 0.6 is 0 Å². The van der Waals surface area contributed by atoms with Gasteiger partial charge in [0.1, 0.15) is 18.3 Å². The van der Waals surface area contributed by atoms with Crippen LogP contribution in [0, 0.1) is 11.8 Å². The Hall–Kier alpha value is -2.62. The molecule has 10 nitrogen and oxygen atoms in total. The molecule has 3 rings (SSSR count). The molecule has 2 aliphatic rings. The number of carbonyl (C=O) groups is 1. The number of ether oxygens (including phenoxy) is 3. The van der Waals surface area contributed by atoms with Crippen molar-refractivity contribution in [3.63, 3.8) is 0 Å². The largest absolute Gasteiger partial charge is 0.457 e. The molecule has 0 spiro atoms. The van der Waals surface area contributed by atoms with Crippen molar-refractivity contribution in [2.45, 2.75) is 134 Å². The van der Waals surface area contributed by atoms with E-state index in [0.29, 0.717) is 11.1 Å². The van der Waals surface area contributed by atoms with E-state index in [0.717, 1.165) is 18.6 Å². The third-order valence-corrected chi connectivity index (χ3v) is 10.3. The Balaban J connectivity index is 1.96. The fourth-order valence-corrected chi connectivity index (χ4v) is 7.05. The number of cyclic esters (lactones) is 1. The molecule has 5 N–H and O–H groups in total. The average molecular weight is 742 g/mol. The fourth-order valence-electron chi connectivity index (χ4n) is 7.05. The van der Waals surface area contributed by atoms with Crippen LogP contribution in [0.3, 0.4) is 0 Å². The maximum Gasteiger partial charge on any atom is 0.416 e. The quantitative estimate of drug-likeness (QED) is 0.0785. The molecule has 11 unspecified atom stereocenters. The highest BCUT2D eigenvalue weighted by Crippen LogP contribution is 2.41. The lowest BCUT2D eigenvalue weighted by atomic mass is 9.85. The van der Waals surface area contributed by atoms with E-state index in [-0.39, 0.29) is 57.1 Å². The van der Waals surface area contributed by atoms with Crippen molar-refractivity contribution >= 4 is 5.97 Å². The summed E-state index contributed by atoms with van der Waals surface area (Å²) in [6, 6.07) is 4.03. The number of rotatable bonds is 14. The van der Waals surface area contributed by atoms with Crippen molar-refractivity contribution in [3.8, 4) is 0 Å². The molecule has 2 heterocycles. The molecule has 2 aliphatic heterocycles. The maximum atomic E-state index is 13.3. The number of nitrogens with zero attached hydrogens (tertiary/aromatic N) is 1. The Kier molecular flexibility index (Phi) is 15.7. The summed E-state index contributed by atoms with van der Waals surface area (Å²) in [5, 5.41) is 53.9. The zero-order valence-electron chi connectivity index (χ0n) is 31.3. The molecule has 1 aromatic rings. The van der Waals surface area contributed by atoms with Crippen LogP contribution in [0.1, 0.15) is 78.4 Å². The third kappa shape index (κ3) is 11.9. The Morgan fingerprint density at radius 3 is 2.40 bits per heavy atom. The first kappa shape index (κ1) is 43.8. The van der Waals surface area contributed by atoms with Crippen molar-refractivity contribution < 1.29 is 57.7 Å². The molecule has 1 saturated heterocycles. The van der Waals surface area contributed by atoms with Crippen molar-refractivity contribution in [1.82, 2.24) is 4.90 Å². The van der Waals surface area contributed by atoms with Crippen LogP contribution in [-0.4, -0.2) is 111 Å². The van der Waals surface area contributed by atoms with E-state index in [2.05, 4.69) is 0 Å². The number of methoxy groups -OCH3 is 1. The maximum absolute atomic E-state index is 13.3. The van der Waals surface area contributed by atoms with E-state index >= 15 is 0 Å². The summed E-state index contributed by atoms with van der Waals surface area (Å²) in [6.45, 7) is 10.5. The van der Waals surface area contributed by atoms with E-state index in [4.69, 9.17) is 14.2 Å². The van der Waals surface area contributed by atoms with Crippen LogP contribution in [-0.2, 0) is 31.7 Å². The lowest BCUT2D eigenvalue weighted by Gasteiger charge is -2.39. The minimum absolute atomic E-state index is 0.0440. The topological polar surface area (TPSA) is 152 Å². The zero-order valence-corrected chi connectivity index (χ0v) is 31.3. The molecule has 0 saturated carbocycles. The number of allylic oxidation sites excluding steroid dienone is 2. The van der Waals surface area contributed by atoms with E-state index < -0.39 is 65.3 Å². The van der Waals surface area contributed by atoms with Gasteiger partial charge in [-0.15, -0.1) is 0 Å². The van der Waals surface area contributed by atoms with Gasteiger partial charge in [0, 0.05) is 32.0 Å². The number of hydrogen-bond donors (Lipinski definition) is 5. The van der Waals surface area contributed by atoms with Crippen LogP contribution in [0.5, 0.6) is 0 Å². The minimum Gasteiger partial charge on any atom is -0.457 e. The van der Waals surface area contributed by atoms with Crippen LogP contribution in [0.25, 0.3) is 0 Å². The zero-order chi connectivity index (χ0) is 39.0. The number of aliphatic hydroxyl groups excluding tert-OH is 3. The predicted molar refractivity (Wildman–Crippen MR) is 190 cm³/mol. The molecule has 0 radical (unpaired) electrons. The van der Waals surface area contributed by atoms with E-state index in [1.807, 2.05) is 18.7 Å². The number of hydrogen-bond acceptors (Lipinski definition) is 10. The highest BCUT2D eigenvalue weighted by atomic mass is 19.4. The number of carbonyl (C=O) groups excluding carboxylic acids is 1. The molecular weight excluding hydrogens is 683 g/mol. The Labute approximate surface area is 305 Å². The molecule has 0 amide bonds. The molecule has 1 fully saturated rings. The molecule has 1 aromatic carbocycles. The molecular formula is C39H58F3NO9. The summed E-state index contributed by atoms with van der Waals surface area (Å²) in [4.78, 5) is 14.6. The van der Waals surface area contributed by atoms with Gasteiger partial charge in [-0.25, -0.2) is 0 Å². The van der Waals surface area contributed by atoms with E-state index in [1.165, 1.54) is 25.1 Å². The van der Waals surface area contributed by atoms with Gasteiger partial charge in [0.2, 0.25) is 0 Å². The number of alkyl halides is 3. The number of benzene rings is 1. The number of aliphatic hydroxyl groups is 5. The fraction of sp³-hybridized carbons (Fsp3) is 0.667. The summed E-state index contributed by atoms with van der Waals surface area (Å²) in [6.07, 6.45) is 0.0935. The van der Waals surface area contributed by atoms with Gasteiger partial charge in [-0.3, -0.25) is 9.69 Å². The van der Waals surface area contributed by atoms with Gasteiger partial charge in [-0.2, -0.15) is 13.2 Å². The number of epoxide rings is 1. The second-order valence-electron chi connectivity index (χ2n) is 14.8. The molecule has 52 heavy (non-hydrogen) atoms. The van der Waals surface area contributed by atoms with Crippen LogP contribution in [0.4, 0.5) is 13.2 Å². The van der Waals surface area contributed by atoms with Gasteiger partial charge in [-0.05, 0) is 63.3 Å². The van der Waals surface area contributed by atoms with Crippen molar-refractivity contribution in [1.29, 1.82) is 0 Å². The first-order chi connectivity index (χ1) is 24.2. The first-order valence-corrected chi connectivity index (χ1v) is 18.0. The van der Waals surface area contributed by atoms with E-state index in [9.17, 15) is 43.5 Å². The van der Waals surface area contributed by atoms with Gasteiger partial charge < -0.3 is 39.7 Å². The van der Waals surface area contributed by atoms with Gasteiger partial charge in [-0.1, -0.05) is 63.3 Å². The van der Waals surface area contributed by atoms with Crippen LogP contribution < -0.4 is 0 Å². The number of halogens is 3. The minimum atomic E-state index is -4.49. The smallest absolute Gasteiger partial charge is 0.416 e. The summed E-state index contributed by atoms with van der Waals surface area (Å²) in [5.41, 5.74) is -2.73. The first-order valence-electron chi connectivity index (χ1n) is 18.0. The third-order valence-electron chi connectivity index (χ3n) is 10.3. The second-order valence-corrected chi connectivity index (χ2v) is 14.8. The Morgan fingerprint density at radius 2 is 1.83 bits per heavy atom. The predicted octanol–water partition coefficient (Wildman–Crippen LogP) is 4.71. The van der Waals surface area contributed by atoms with Gasteiger partial charge in [0.25, 0.3) is 0 Å². The van der Waals surface area contributed by atoms with Crippen LogP contribution in [0.2, 0.25) is 0 Å². The highest BCUT2D eigenvalue weighted by Gasteiger charge is 2.56. The van der Waals surface area contributed by atoms with Crippen molar-refractivity contribution in [2.24, 2.45) is 11.8 Å². The lowest BCUT2D eigenvalue weighted by Crippen LogP contribution is -2.54. The molecule has 0 aromatic heterocycles. The standard InChI is InChI=1S/C39H58F3NO9/c1-8-30(50-7)26(4)34-35(52-34)36(43(20-21-44)23-27-12-14-28(15-13-27)39(40,41)42)38(6,49)18-9-10-24(2)33-25(3)11-16-31(46)37(5,48)19-17-29(45)22-32(47)51-33/h9-16,18,25-26,29-31,33-36,44-46,48-49H,8,17,19-23H2,1-7H3. The normalized spacial score (nSPS) is 31.0. The SMILES string of the molecule is CCC(OC)C(C)C1OC1C(N(CCO)Cc1ccc(C(F)(F)F)cc1)C(C)(O)C=CC=C(C)C1OC(=O)CC(O)CCC(C)(O)C(O)C=CC1C. The van der Waals surface area contributed by atoms with Crippen LogP contribution in [0.15, 0.2) is 60.2 Å². The molecule has 13 heteroatoms. The van der Waals surface area contributed by atoms with Gasteiger partial charge >= 0.3 is 12.1 Å². The number of esters is 1. The second kappa shape index (κ2) is 18.6. The molecule has 0 aliphatic carbocycles. The van der Waals surface area contributed by atoms with E-state index in [1.54, 1.807) is 52.2 Å². The Bertz CT molecular complexity index is 1370. The lowest BCUT2D eigenvalue weighted by molar-refractivity contribution is -0.151. The Morgan fingerprint density at radius 1 is 1.17 bits per heavy atom. The van der Waals surface area contributed by atoms with Gasteiger partial charge in [0.15, 0.2) is 0 Å².